The third-order valence-corrected chi connectivity index (χ3v) is 6.81. The molecule has 6 nitrogen and oxygen atoms in total. The summed E-state index contributed by atoms with van der Waals surface area (Å²) in [6.45, 7) is -2.95. The van der Waals surface area contributed by atoms with E-state index in [9.17, 15) is 13.6 Å². The molecule has 1 aromatic heterocycles. The number of benzene rings is 2. The van der Waals surface area contributed by atoms with Crippen LogP contribution >= 0.6 is 0 Å². The van der Waals surface area contributed by atoms with Gasteiger partial charge in [0.15, 0.2) is 0 Å². The van der Waals surface area contributed by atoms with Crippen molar-refractivity contribution in [2.45, 2.75) is 38.1 Å². The van der Waals surface area contributed by atoms with Crippen LogP contribution in [-0.2, 0) is 0 Å². The lowest BCUT2D eigenvalue weighted by Gasteiger charge is -2.31. The van der Waals surface area contributed by atoms with Gasteiger partial charge in [-0.25, -0.2) is 4.98 Å². The number of halogens is 2. The number of fused-ring (bicyclic) bond motifs is 9. The average Bonchev–Trinajstić information content (AvgIpc) is 3.30. The van der Waals surface area contributed by atoms with Gasteiger partial charge in [-0.1, -0.05) is 17.9 Å². The molecule has 4 heterocycles. The summed E-state index contributed by atoms with van der Waals surface area (Å²) >= 11 is 0. The maximum absolute atomic E-state index is 13.5. The van der Waals surface area contributed by atoms with E-state index in [4.69, 9.17) is 8.85 Å². The number of imidazole rings is 1. The molecule has 6 rings (SSSR count). The van der Waals surface area contributed by atoms with Crippen LogP contribution in [0, 0.1) is 17.8 Å². The molecule has 2 unspecified atom stereocenters. The van der Waals surface area contributed by atoms with Crippen molar-refractivity contribution in [1.29, 1.82) is 0 Å². The molecule has 2 aromatic carbocycles. The Morgan fingerprint density at radius 2 is 2.18 bits per heavy atom. The maximum atomic E-state index is 13.5. The van der Waals surface area contributed by atoms with Gasteiger partial charge < -0.3 is 19.5 Å². The van der Waals surface area contributed by atoms with E-state index in [0.29, 0.717) is 22.9 Å². The molecular weight excluding hydrogens is 426 g/mol. The third-order valence-electron chi connectivity index (χ3n) is 6.81. The van der Waals surface area contributed by atoms with E-state index in [1.54, 1.807) is 0 Å². The predicted molar refractivity (Wildman–Crippen MR) is 118 cm³/mol. The molecule has 0 spiro atoms. The summed E-state index contributed by atoms with van der Waals surface area (Å²) in [6.07, 6.45) is 0.181. The Hall–Kier alpha value is -3.44. The number of carbonyl (C=O) groups is 1. The Morgan fingerprint density at radius 1 is 1.30 bits per heavy atom. The zero-order chi connectivity index (χ0) is 25.4. The first-order chi connectivity index (χ1) is 17.1. The van der Waals surface area contributed by atoms with Crippen LogP contribution in [0.5, 0.6) is 5.75 Å². The van der Waals surface area contributed by atoms with Crippen LogP contribution in [0.3, 0.4) is 0 Å². The molecule has 4 atom stereocenters. The second-order valence-electron chi connectivity index (χ2n) is 8.65. The van der Waals surface area contributed by atoms with E-state index >= 15 is 0 Å². The number of ether oxygens (including phenoxy) is 1. The van der Waals surface area contributed by atoms with Gasteiger partial charge in [0, 0.05) is 52.7 Å². The van der Waals surface area contributed by atoms with Crippen molar-refractivity contribution in [3.63, 3.8) is 0 Å². The fraction of sp³-hybridized carbons (Fsp3) is 0.360. The summed E-state index contributed by atoms with van der Waals surface area (Å²) in [5, 5.41) is 3.27. The fourth-order valence-electron chi connectivity index (χ4n) is 5.01. The highest BCUT2D eigenvalue weighted by atomic mass is 19.3. The maximum Gasteiger partial charge on any atom is 0.387 e. The first-order valence-corrected chi connectivity index (χ1v) is 10.8. The van der Waals surface area contributed by atoms with Gasteiger partial charge in [-0.3, -0.25) is 4.79 Å². The van der Waals surface area contributed by atoms with E-state index < -0.39 is 31.6 Å². The lowest BCUT2D eigenvalue weighted by molar-refractivity contribution is -0.0507. The van der Waals surface area contributed by atoms with E-state index in [1.165, 1.54) is 18.2 Å². The van der Waals surface area contributed by atoms with Crippen LogP contribution in [0.1, 0.15) is 56.8 Å². The van der Waals surface area contributed by atoms with Gasteiger partial charge in [-0.15, -0.1) is 0 Å². The highest BCUT2D eigenvalue weighted by Gasteiger charge is 2.45. The molecule has 3 aliphatic heterocycles. The van der Waals surface area contributed by atoms with Crippen molar-refractivity contribution in [2.24, 2.45) is 5.92 Å². The van der Waals surface area contributed by atoms with E-state index in [0.717, 1.165) is 17.0 Å². The summed E-state index contributed by atoms with van der Waals surface area (Å²) in [4.78, 5) is 19.0. The number of rotatable bonds is 2. The van der Waals surface area contributed by atoms with E-state index in [-0.39, 0.29) is 29.2 Å². The highest BCUT2D eigenvalue weighted by molar-refractivity contribution is 5.97. The van der Waals surface area contributed by atoms with Crippen molar-refractivity contribution < 1.29 is 22.4 Å². The zero-order valence-electron chi connectivity index (χ0n) is 20.7. The average molecular weight is 451 g/mol. The minimum absolute atomic E-state index is 0.0340. The van der Waals surface area contributed by atoms with Gasteiger partial charge in [0.2, 0.25) is 0 Å². The second-order valence-corrected chi connectivity index (χ2v) is 8.65. The quantitative estimate of drug-likeness (QED) is 0.604. The number of alkyl halides is 2. The Labute approximate surface area is 193 Å². The molecule has 1 fully saturated rings. The Kier molecular flexibility index (Phi) is 3.77. The van der Waals surface area contributed by atoms with Crippen LogP contribution < -0.4 is 10.1 Å². The van der Waals surface area contributed by atoms with Crippen molar-refractivity contribution in [2.75, 3.05) is 13.5 Å². The molecule has 0 aliphatic carbocycles. The summed E-state index contributed by atoms with van der Waals surface area (Å²) in [5.74, 6) is 6.24. The van der Waals surface area contributed by atoms with Crippen molar-refractivity contribution in [3.05, 3.63) is 58.9 Å². The summed E-state index contributed by atoms with van der Waals surface area (Å²) < 4.78 is 57.5. The molecule has 168 valence electrons. The molecule has 33 heavy (non-hydrogen) atoms. The van der Waals surface area contributed by atoms with E-state index in [1.807, 2.05) is 22.8 Å². The first-order valence-electron chi connectivity index (χ1n) is 12.3. The van der Waals surface area contributed by atoms with Crippen LogP contribution in [0.2, 0.25) is 0 Å². The molecule has 3 aromatic rings. The van der Waals surface area contributed by atoms with Gasteiger partial charge in [0.25, 0.3) is 5.91 Å². The second kappa shape index (κ2) is 7.29. The normalized spacial score (nSPS) is 27.0. The smallest absolute Gasteiger partial charge is 0.387 e. The predicted octanol–water partition coefficient (Wildman–Crippen LogP) is 3.72. The van der Waals surface area contributed by atoms with Gasteiger partial charge in [-0.2, -0.15) is 8.78 Å². The lowest BCUT2D eigenvalue weighted by atomic mass is 9.94. The van der Waals surface area contributed by atoms with Gasteiger partial charge in [-0.05, 0) is 37.3 Å². The lowest BCUT2D eigenvalue weighted by Crippen LogP contribution is -2.50. The third kappa shape index (κ3) is 3.03. The standard InChI is InChI=1S/C25H22F2N4O2/c1-13-15(12-28-13)8-6-14-7-9-17-18(10-14)31-19-11-20(23(31)29-17)30(2)24(32)16-4-3-5-21(22(16)19)33-25(26)27/h3-5,7,9-10,13,15,19-20,25,28H,11-12H2,1-2H3/t13?,15?,19-,20-/m1/s1/i2D3. The number of aromatic nitrogens is 2. The summed E-state index contributed by atoms with van der Waals surface area (Å²) in [5.41, 5.74) is 2.35. The van der Waals surface area contributed by atoms with Gasteiger partial charge in [0.05, 0.1) is 23.1 Å². The molecular formula is C25H22F2N4O2. The van der Waals surface area contributed by atoms with Crippen molar-refractivity contribution >= 4 is 16.9 Å². The van der Waals surface area contributed by atoms with Crippen molar-refractivity contribution in [3.8, 4) is 17.6 Å². The molecule has 1 saturated heterocycles. The minimum atomic E-state index is -3.10. The Bertz CT molecular complexity index is 1460. The molecule has 8 heteroatoms. The summed E-state index contributed by atoms with van der Waals surface area (Å²) in [6, 6.07) is 8.65. The number of hydrogen-bond donors (Lipinski definition) is 1. The molecule has 1 amide bonds. The van der Waals surface area contributed by atoms with Gasteiger partial charge >= 0.3 is 6.61 Å². The van der Waals surface area contributed by atoms with E-state index in [2.05, 4.69) is 29.1 Å². The first kappa shape index (κ1) is 17.1. The topological polar surface area (TPSA) is 59.4 Å². The molecule has 2 bridgehead atoms. The van der Waals surface area contributed by atoms with Crippen LogP contribution in [0.25, 0.3) is 11.0 Å². The Balaban J connectivity index is 1.56. The number of hydrogen-bond acceptors (Lipinski definition) is 4. The molecule has 1 N–H and O–H groups in total. The minimum Gasteiger partial charge on any atom is -0.434 e. The SMILES string of the molecule is [2H]C([2H])([2H])N1C(=O)c2cccc(OC(F)F)c2[C@H]2C[C@@H]1c1nc3ccc(C#CC4CNC4C)cc3n12. The largest absolute Gasteiger partial charge is 0.434 e. The molecule has 0 radical (unpaired) electrons. The molecule has 0 saturated carbocycles. The number of carbonyl (C=O) groups excluding carboxylic acids is 1. The van der Waals surface area contributed by atoms with Crippen LogP contribution in [0.15, 0.2) is 36.4 Å². The summed E-state index contributed by atoms with van der Waals surface area (Å²) in [7, 11) is 0. The van der Waals surface area contributed by atoms with Crippen molar-refractivity contribution in [1.82, 2.24) is 19.8 Å². The Morgan fingerprint density at radius 3 is 2.91 bits per heavy atom. The zero-order valence-corrected chi connectivity index (χ0v) is 17.7. The number of amides is 1. The monoisotopic (exact) mass is 451 g/mol. The van der Waals surface area contributed by atoms with Crippen LogP contribution in [-0.4, -0.2) is 46.5 Å². The number of nitrogens with zero attached hydrogens (tertiary/aromatic N) is 3. The highest BCUT2D eigenvalue weighted by Crippen LogP contribution is 2.49. The number of nitrogens with one attached hydrogen (secondary N) is 1. The fourth-order valence-corrected chi connectivity index (χ4v) is 5.01. The van der Waals surface area contributed by atoms with Crippen LogP contribution in [0.4, 0.5) is 8.78 Å². The molecule has 3 aliphatic rings. The van der Waals surface area contributed by atoms with Gasteiger partial charge in [0.1, 0.15) is 11.6 Å².